The maximum absolute atomic E-state index is 13.2. The van der Waals surface area contributed by atoms with E-state index in [-0.39, 0.29) is 23.7 Å². The first-order valence-electron chi connectivity index (χ1n) is 15.5. The molecule has 2 bridgehead atoms. The van der Waals surface area contributed by atoms with Crippen LogP contribution in [0.1, 0.15) is 31.7 Å². The van der Waals surface area contributed by atoms with Crippen molar-refractivity contribution < 1.29 is 9.59 Å². The zero-order valence-corrected chi connectivity index (χ0v) is 25.4. The van der Waals surface area contributed by atoms with E-state index in [0.29, 0.717) is 44.8 Å². The van der Waals surface area contributed by atoms with Gasteiger partial charge in [0.25, 0.3) is 0 Å². The Bertz CT molecular complexity index is 1070. The van der Waals surface area contributed by atoms with Gasteiger partial charge in [-0.1, -0.05) is 31.2 Å². The van der Waals surface area contributed by atoms with Crippen molar-refractivity contribution in [1.29, 1.82) is 0 Å². The van der Waals surface area contributed by atoms with Crippen molar-refractivity contribution in [1.82, 2.24) is 57.7 Å². The molecule has 3 saturated heterocycles. The van der Waals surface area contributed by atoms with Crippen molar-refractivity contribution in [3.05, 3.63) is 42.2 Å². The van der Waals surface area contributed by atoms with Crippen molar-refractivity contribution in [2.45, 2.75) is 38.3 Å². The minimum atomic E-state index is -0.491. The second-order valence-corrected chi connectivity index (χ2v) is 12.0. The first-order valence-corrected chi connectivity index (χ1v) is 15.5. The van der Waals surface area contributed by atoms with E-state index in [9.17, 15) is 9.59 Å². The van der Waals surface area contributed by atoms with Crippen LogP contribution in [0.2, 0.25) is 0 Å². The van der Waals surface area contributed by atoms with Gasteiger partial charge < -0.3 is 42.5 Å². The molecule has 3 aliphatic rings. The average molecular weight is 596 g/mol. The van der Waals surface area contributed by atoms with Gasteiger partial charge in [-0.25, -0.2) is 4.98 Å². The first-order chi connectivity index (χ1) is 21.0. The topological polar surface area (TPSA) is 169 Å². The van der Waals surface area contributed by atoms with Crippen molar-refractivity contribution in [3.63, 3.8) is 0 Å². The van der Waals surface area contributed by atoms with E-state index in [1.165, 1.54) is 6.20 Å². The molecule has 43 heavy (non-hydrogen) atoms. The Morgan fingerprint density at radius 3 is 1.81 bits per heavy atom. The number of aromatic nitrogens is 3. The highest BCUT2D eigenvalue weighted by Gasteiger charge is 2.32. The fourth-order valence-electron chi connectivity index (χ4n) is 5.40. The van der Waals surface area contributed by atoms with Crippen molar-refractivity contribution in [3.8, 4) is 11.4 Å². The van der Waals surface area contributed by atoms with Crippen molar-refractivity contribution >= 4 is 11.8 Å². The van der Waals surface area contributed by atoms with Crippen LogP contribution in [0.5, 0.6) is 0 Å². The lowest BCUT2D eigenvalue weighted by Crippen LogP contribution is -2.66. The summed E-state index contributed by atoms with van der Waals surface area (Å²) in [7, 11) is 0. The number of fused-ring (bicyclic) bond motifs is 15. The quantitative estimate of drug-likeness (QED) is 0.184. The number of hydrogen-bond donors (Lipinski definition) is 8. The molecule has 2 aromatic rings. The van der Waals surface area contributed by atoms with Crippen LogP contribution in [0.25, 0.3) is 11.4 Å². The zero-order valence-electron chi connectivity index (χ0n) is 25.4. The summed E-state index contributed by atoms with van der Waals surface area (Å²) >= 11 is 0. The molecule has 13 heteroatoms. The van der Waals surface area contributed by atoms with Gasteiger partial charge in [-0.2, -0.15) is 5.10 Å². The van der Waals surface area contributed by atoms with Gasteiger partial charge in [-0.3, -0.25) is 9.59 Å². The molecule has 8 N–H and O–H groups in total. The van der Waals surface area contributed by atoms with Gasteiger partial charge in [0.15, 0.2) is 5.82 Å². The Labute approximate surface area is 254 Å². The van der Waals surface area contributed by atoms with Crippen LogP contribution in [0.4, 0.5) is 0 Å². The molecule has 0 aliphatic carbocycles. The Balaban J connectivity index is 1.24. The fraction of sp³-hybridized carbons (Fsp3) is 0.633. The lowest BCUT2D eigenvalue weighted by atomic mass is 9.90. The van der Waals surface area contributed by atoms with E-state index in [0.717, 1.165) is 70.0 Å². The van der Waals surface area contributed by atoms with Crippen LogP contribution in [0.15, 0.2) is 36.7 Å². The minimum absolute atomic E-state index is 0.0428. The molecule has 1 aromatic heterocycles. The second kappa shape index (κ2) is 17.3. The third-order valence-electron chi connectivity index (χ3n) is 7.88. The number of nitrogens with zero attached hydrogens (tertiary/aromatic N) is 3. The number of carbonyl (C=O) groups excluding carboxylic acids is 2. The number of amides is 2. The highest BCUT2D eigenvalue weighted by molar-refractivity contribution is 5.79. The molecule has 0 atom stereocenters. The van der Waals surface area contributed by atoms with E-state index < -0.39 is 5.54 Å². The number of rotatable bonds is 8. The summed E-state index contributed by atoms with van der Waals surface area (Å²) in [6.07, 6.45) is 4.20. The predicted molar refractivity (Wildman–Crippen MR) is 167 cm³/mol. The third kappa shape index (κ3) is 11.5. The van der Waals surface area contributed by atoms with E-state index in [1.54, 1.807) is 6.20 Å². The van der Waals surface area contributed by atoms with Gasteiger partial charge in [0.1, 0.15) is 0 Å². The van der Waals surface area contributed by atoms with Crippen LogP contribution in [0.3, 0.4) is 0 Å². The maximum Gasteiger partial charge on any atom is 0.220 e. The molecule has 1 aromatic carbocycles. The van der Waals surface area contributed by atoms with Gasteiger partial charge in [-0.05, 0) is 12.0 Å². The van der Waals surface area contributed by atoms with Gasteiger partial charge in [0.05, 0.1) is 11.7 Å². The fourth-order valence-corrected chi connectivity index (χ4v) is 5.40. The summed E-state index contributed by atoms with van der Waals surface area (Å²) in [5, 5.41) is 35.7. The summed E-state index contributed by atoms with van der Waals surface area (Å²) in [6.45, 7) is 12.5. The first kappa shape index (κ1) is 32.8. The summed E-state index contributed by atoms with van der Waals surface area (Å²) < 4.78 is 0. The molecule has 4 heterocycles. The van der Waals surface area contributed by atoms with Crippen LogP contribution in [0, 0.1) is 5.41 Å². The average Bonchev–Trinajstić information content (AvgIpc) is 3.01. The molecule has 3 fully saturated rings. The lowest BCUT2D eigenvalue weighted by molar-refractivity contribution is -0.123. The molecular weight excluding hydrogens is 546 g/mol. The molecule has 0 spiro atoms. The van der Waals surface area contributed by atoms with E-state index in [4.69, 9.17) is 0 Å². The summed E-state index contributed by atoms with van der Waals surface area (Å²) in [6, 6.07) is 7.70. The molecule has 5 rings (SSSR count). The summed E-state index contributed by atoms with van der Waals surface area (Å²) in [4.78, 5) is 29.9. The molecule has 2 amide bonds. The van der Waals surface area contributed by atoms with E-state index >= 15 is 0 Å². The highest BCUT2D eigenvalue weighted by atomic mass is 16.2. The number of hydrogen-bond acceptors (Lipinski definition) is 11. The van der Waals surface area contributed by atoms with Gasteiger partial charge in [-0.15, -0.1) is 5.10 Å². The van der Waals surface area contributed by atoms with Crippen molar-refractivity contribution in [2.24, 2.45) is 5.41 Å². The smallest absolute Gasteiger partial charge is 0.220 e. The van der Waals surface area contributed by atoms with Crippen molar-refractivity contribution in [2.75, 3.05) is 78.5 Å². The predicted octanol–water partition coefficient (Wildman–Crippen LogP) is -1.25. The molecule has 0 unspecified atom stereocenters. The number of nitrogens with one attached hydrogen (secondary N) is 8. The van der Waals surface area contributed by atoms with E-state index in [1.807, 2.05) is 24.3 Å². The highest BCUT2D eigenvalue weighted by Crippen LogP contribution is 2.15. The largest absolute Gasteiger partial charge is 0.352 e. The van der Waals surface area contributed by atoms with Gasteiger partial charge >= 0.3 is 0 Å². The lowest BCUT2D eigenvalue weighted by Gasteiger charge is -2.37. The summed E-state index contributed by atoms with van der Waals surface area (Å²) in [5.41, 5.74) is 1.48. The summed E-state index contributed by atoms with van der Waals surface area (Å²) in [5.74, 6) is 0.444. The molecule has 3 aliphatic heterocycles. The SMILES string of the molecule is CC12CNCCNCC(NC(=O)CCCC(=O)NCc3ccc(-c4nccnn4)cc3)(CNCCNC1)CNCCNC2. The standard InChI is InChI=1S/C30H49N11O2/c1-29-18-31-9-12-34-21-30(22-35-13-10-32-19-29,23-36-14-11-33-20-29)40-27(43)4-2-3-26(42)38-17-24-5-7-25(8-6-24)28-37-15-16-39-41-28/h5-8,15-16,31-36H,2-4,9-14,17-23H2,1H3,(H,38,42)(H,40,43). The second-order valence-electron chi connectivity index (χ2n) is 12.0. The van der Waals surface area contributed by atoms with Crippen LogP contribution in [-0.2, 0) is 16.1 Å². The Morgan fingerprint density at radius 1 is 0.744 bits per heavy atom. The monoisotopic (exact) mass is 595 g/mol. The van der Waals surface area contributed by atoms with E-state index in [2.05, 4.69) is 64.6 Å². The van der Waals surface area contributed by atoms with Gasteiger partial charge in [0, 0.05) is 115 Å². The molecule has 13 nitrogen and oxygen atoms in total. The van der Waals surface area contributed by atoms with Crippen LogP contribution < -0.4 is 42.5 Å². The molecule has 0 saturated carbocycles. The number of carbonyl (C=O) groups is 2. The molecule has 0 radical (unpaired) electrons. The third-order valence-corrected chi connectivity index (χ3v) is 7.88. The minimum Gasteiger partial charge on any atom is -0.352 e. The Morgan fingerprint density at radius 2 is 1.28 bits per heavy atom. The maximum atomic E-state index is 13.2. The Hall–Kier alpha value is -3.07. The normalized spacial score (nSPS) is 24.4. The molecular formula is C30H49N11O2. The van der Waals surface area contributed by atoms with Crippen LogP contribution in [-0.4, -0.2) is 111 Å². The Kier molecular flexibility index (Phi) is 13.2. The van der Waals surface area contributed by atoms with Crippen LogP contribution >= 0.6 is 0 Å². The zero-order chi connectivity index (χ0) is 30.2. The molecule has 236 valence electrons. The van der Waals surface area contributed by atoms with Gasteiger partial charge in [0.2, 0.25) is 11.8 Å². The number of benzene rings is 1.